The van der Waals surface area contributed by atoms with Crippen LogP contribution < -0.4 is 15.4 Å². The van der Waals surface area contributed by atoms with Gasteiger partial charge in [0.2, 0.25) is 10.0 Å². The molecule has 1 aliphatic heterocycles. The molecule has 9 heteroatoms. The van der Waals surface area contributed by atoms with Crippen molar-refractivity contribution in [2.24, 2.45) is 4.99 Å². The van der Waals surface area contributed by atoms with E-state index in [0.29, 0.717) is 32.2 Å². The molecule has 1 aromatic carbocycles. The first-order valence-corrected chi connectivity index (χ1v) is 10.9. The molecule has 0 bridgehead atoms. The summed E-state index contributed by atoms with van der Waals surface area (Å²) in [7, 11) is -3.26. The molecular formula is C18H31IN4O3S. The highest BCUT2D eigenvalue weighted by Crippen LogP contribution is 2.31. The molecule has 1 aliphatic rings. The fourth-order valence-corrected chi connectivity index (χ4v) is 4.36. The van der Waals surface area contributed by atoms with E-state index < -0.39 is 10.0 Å². The number of hydrogen-bond donors (Lipinski definition) is 2. The summed E-state index contributed by atoms with van der Waals surface area (Å²) in [6.07, 6.45) is 0.833. The zero-order chi connectivity index (χ0) is 19.0. The lowest BCUT2D eigenvalue weighted by molar-refractivity contribution is 0.261. The monoisotopic (exact) mass is 510 g/mol. The smallest absolute Gasteiger partial charge is 0.215 e. The van der Waals surface area contributed by atoms with Crippen molar-refractivity contribution < 1.29 is 13.2 Å². The Balaban J connectivity index is 0.00000364. The van der Waals surface area contributed by atoms with Crippen molar-refractivity contribution in [3.05, 3.63) is 29.8 Å². The number of ether oxygens (including phenoxy) is 1. The summed E-state index contributed by atoms with van der Waals surface area (Å²) in [6.45, 7) is 8.22. The minimum atomic E-state index is -3.26. The fraction of sp³-hybridized carbons (Fsp3) is 0.611. The number of para-hydroxylation sites is 1. The molecule has 154 valence electrons. The van der Waals surface area contributed by atoms with E-state index >= 15 is 0 Å². The Labute approximate surface area is 180 Å². The maximum absolute atomic E-state index is 12.3. The van der Waals surface area contributed by atoms with Crippen LogP contribution in [-0.2, 0) is 10.0 Å². The molecule has 0 saturated heterocycles. The van der Waals surface area contributed by atoms with Crippen LogP contribution in [0.2, 0.25) is 0 Å². The molecule has 1 aromatic rings. The van der Waals surface area contributed by atoms with E-state index in [1.807, 2.05) is 45.0 Å². The summed E-state index contributed by atoms with van der Waals surface area (Å²) in [5.74, 6) is 1.52. The molecule has 0 aliphatic carbocycles. The van der Waals surface area contributed by atoms with Crippen LogP contribution in [0.1, 0.15) is 38.8 Å². The molecule has 1 atom stereocenters. The van der Waals surface area contributed by atoms with Gasteiger partial charge in [-0.25, -0.2) is 12.7 Å². The van der Waals surface area contributed by atoms with E-state index in [2.05, 4.69) is 15.6 Å². The number of benzene rings is 1. The molecule has 1 heterocycles. The van der Waals surface area contributed by atoms with Gasteiger partial charge >= 0.3 is 0 Å². The van der Waals surface area contributed by atoms with Crippen LogP contribution in [-0.4, -0.2) is 57.2 Å². The van der Waals surface area contributed by atoms with E-state index in [9.17, 15) is 8.42 Å². The summed E-state index contributed by atoms with van der Waals surface area (Å²) in [5.41, 5.74) is 1.10. The van der Waals surface area contributed by atoms with Gasteiger partial charge in [-0.15, -0.1) is 24.0 Å². The zero-order valence-corrected chi connectivity index (χ0v) is 19.4. The molecule has 0 aromatic heterocycles. The van der Waals surface area contributed by atoms with Gasteiger partial charge in [0.25, 0.3) is 0 Å². The second-order valence-electron chi connectivity index (χ2n) is 6.03. The first-order valence-electron chi connectivity index (χ1n) is 9.26. The summed E-state index contributed by atoms with van der Waals surface area (Å²) < 4.78 is 31.7. The van der Waals surface area contributed by atoms with Crippen molar-refractivity contribution in [3.8, 4) is 5.75 Å². The van der Waals surface area contributed by atoms with Crippen molar-refractivity contribution >= 4 is 40.0 Å². The molecule has 0 spiro atoms. The van der Waals surface area contributed by atoms with Crippen LogP contribution in [0.15, 0.2) is 29.3 Å². The van der Waals surface area contributed by atoms with Gasteiger partial charge in [-0.1, -0.05) is 32.0 Å². The SMILES string of the molecule is CCNC(=NCCS(=O)(=O)N(CC)CC)NC1CCOc2ccccc21.I. The van der Waals surface area contributed by atoms with Crippen LogP contribution in [0.5, 0.6) is 5.75 Å². The van der Waals surface area contributed by atoms with Crippen LogP contribution in [0.3, 0.4) is 0 Å². The normalized spacial score (nSPS) is 16.9. The van der Waals surface area contributed by atoms with E-state index in [4.69, 9.17) is 4.74 Å². The number of nitrogens with zero attached hydrogens (tertiary/aromatic N) is 2. The Morgan fingerprint density at radius 3 is 2.63 bits per heavy atom. The minimum absolute atomic E-state index is 0. The highest BCUT2D eigenvalue weighted by atomic mass is 127. The first kappa shape index (κ1) is 24.0. The van der Waals surface area contributed by atoms with Crippen molar-refractivity contribution in [3.63, 3.8) is 0 Å². The van der Waals surface area contributed by atoms with Gasteiger partial charge in [0.05, 0.1) is 24.9 Å². The number of halogens is 1. The van der Waals surface area contributed by atoms with Gasteiger partial charge in [0.15, 0.2) is 5.96 Å². The molecule has 0 saturated carbocycles. The number of sulfonamides is 1. The Morgan fingerprint density at radius 1 is 1.26 bits per heavy atom. The summed E-state index contributed by atoms with van der Waals surface area (Å²) in [6, 6.07) is 8.04. The van der Waals surface area contributed by atoms with Gasteiger partial charge in [-0.05, 0) is 13.0 Å². The third kappa shape index (κ3) is 6.79. The van der Waals surface area contributed by atoms with Gasteiger partial charge in [0.1, 0.15) is 5.75 Å². The Bertz CT molecular complexity index is 708. The quantitative estimate of drug-likeness (QED) is 0.319. The lowest BCUT2D eigenvalue weighted by Crippen LogP contribution is -2.41. The van der Waals surface area contributed by atoms with Crippen LogP contribution in [0.25, 0.3) is 0 Å². The van der Waals surface area contributed by atoms with Crippen molar-refractivity contribution in [1.82, 2.24) is 14.9 Å². The Hall–Kier alpha value is -1.07. The topological polar surface area (TPSA) is 83.0 Å². The molecule has 27 heavy (non-hydrogen) atoms. The lowest BCUT2D eigenvalue weighted by Gasteiger charge is -2.28. The molecule has 0 fully saturated rings. The standard InChI is InChI=1S/C18H30N4O3S.HI/c1-4-19-18(20-12-14-26(23,24)22(5-2)6-3)21-16-11-13-25-17-10-8-7-9-15(16)17;/h7-10,16H,4-6,11-14H2,1-3H3,(H2,19,20,21);1H. The fourth-order valence-electron chi connectivity index (χ4n) is 3.00. The third-order valence-corrected chi connectivity index (χ3v) is 6.33. The predicted octanol–water partition coefficient (Wildman–Crippen LogP) is 2.35. The molecule has 2 N–H and O–H groups in total. The highest BCUT2D eigenvalue weighted by molar-refractivity contribution is 14.0. The van der Waals surface area contributed by atoms with Crippen LogP contribution in [0, 0.1) is 0 Å². The molecule has 0 amide bonds. The number of rotatable bonds is 8. The lowest BCUT2D eigenvalue weighted by atomic mass is 10.0. The largest absolute Gasteiger partial charge is 0.493 e. The number of nitrogens with one attached hydrogen (secondary N) is 2. The number of guanidine groups is 1. The van der Waals surface area contributed by atoms with Crippen LogP contribution in [0.4, 0.5) is 0 Å². The van der Waals surface area contributed by atoms with Crippen molar-refractivity contribution in [2.75, 3.05) is 38.5 Å². The maximum Gasteiger partial charge on any atom is 0.215 e. The summed E-state index contributed by atoms with van der Waals surface area (Å²) in [4.78, 5) is 4.46. The summed E-state index contributed by atoms with van der Waals surface area (Å²) >= 11 is 0. The second-order valence-corrected chi connectivity index (χ2v) is 8.12. The van der Waals surface area contributed by atoms with E-state index in [1.165, 1.54) is 4.31 Å². The van der Waals surface area contributed by atoms with E-state index in [-0.39, 0.29) is 42.3 Å². The Kier molecular flexibility index (Phi) is 10.4. The minimum Gasteiger partial charge on any atom is -0.493 e. The highest BCUT2D eigenvalue weighted by Gasteiger charge is 2.22. The maximum atomic E-state index is 12.3. The van der Waals surface area contributed by atoms with Crippen molar-refractivity contribution in [2.45, 2.75) is 33.2 Å². The molecule has 0 radical (unpaired) electrons. The van der Waals surface area contributed by atoms with Gasteiger partial charge in [-0.3, -0.25) is 4.99 Å². The zero-order valence-electron chi connectivity index (χ0n) is 16.3. The van der Waals surface area contributed by atoms with Gasteiger partial charge < -0.3 is 15.4 Å². The van der Waals surface area contributed by atoms with Crippen molar-refractivity contribution in [1.29, 1.82) is 0 Å². The molecular weight excluding hydrogens is 479 g/mol. The average Bonchev–Trinajstić information content (AvgIpc) is 2.63. The average molecular weight is 510 g/mol. The Morgan fingerprint density at radius 2 is 1.96 bits per heavy atom. The molecule has 2 rings (SSSR count). The number of hydrogen-bond acceptors (Lipinski definition) is 4. The van der Waals surface area contributed by atoms with Crippen LogP contribution >= 0.6 is 24.0 Å². The summed E-state index contributed by atoms with van der Waals surface area (Å²) in [5, 5.41) is 6.60. The number of fused-ring (bicyclic) bond motifs is 1. The predicted molar refractivity (Wildman–Crippen MR) is 121 cm³/mol. The third-order valence-electron chi connectivity index (χ3n) is 4.33. The van der Waals surface area contributed by atoms with E-state index in [1.54, 1.807) is 0 Å². The van der Waals surface area contributed by atoms with Gasteiger partial charge in [-0.2, -0.15) is 0 Å². The van der Waals surface area contributed by atoms with Gasteiger partial charge in [0, 0.05) is 31.6 Å². The molecule has 1 unspecified atom stereocenters. The molecule has 7 nitrogen and oxygen atoms in total. The van der Waals surface area contributed by atoms with E-state index in [0.717, 1.165) is 17.7 Å². The second kappa shape index (κ2) is 11.7. The first-order chi connectivity index (χ1) is 12.5. The number of aliphatic imine (C=N–C) groups is 1.